The van der Waals surface area contributed by atoms with Crippen molar-refractivity contribution < 1.29 is 9.18 Å². The van der Waals surface area contributed by atoms with E-state index in [0.717, 1.165) is 10.5 Å². The highest BCUT2D eigenvalue weighted by atomic mass is 32.2. The van der Waals surface area contributed by atoms with Crippen LogP contribution < -0.4 is 11.5 Å². The molecule has 0 heterocycles. The van der Waals surface area contributed by atoms with Gasteiger partial charge in [0.2, 0.25) is 5.91 Å². The van der Waals surface area contributed by atoms with Crippen LogP contribution in [0.3, 0.4) is 0 Å². The standard InChI is InChI=1S/C15H15FN2OS/c1-9-2-5-12(17)7-14(9)20-8-11-4-3-10(15(18)19)6-13(11)16/h2-7H,8,17H2,1H3,(H2,18,19). The first-order valence-electron chi connectivity index (χ1n) is 6.04. The van der Waals surface area contributed by atoms with Crippen molar-refractivity contribution in [3.8, 4) is 0 Å². The maximum atomic E-state index is 13.8. The molecule has 0 bridgehead atoms. The third kappa shape index (κ3) is 3.30. The lowest BCUT2D eigenvalue weighted by Crippen LogP contribution is -2.11. The molecule has 104 valence electrons. The minimum absolute atomic E-state index is 0.177. The van der Waals surface area contributed by atoms with E-state index in [1.165, 1.54) is 23.9 Å². The van der Waals surface area contributed by atoms with Crippen LogP contribution in [0.25, 0.3) is 0 Å². The lowest BCUT2D eigenvalue weighted by molar-refractivity contribution is 0.1000. The van der Waals surface area contributed by atoms with E-state index >= 15 is 0 Å². The molecule has 0 aliphatic rings. The van der Waals surface area contributed by atoms with Crippen molar-refractivity contribution in [3.63, 3.8) is 0 Å². The second-order valence-corrected chi connectivity index (χ2v) is 5.50. The van der Waals surface area contributed by atoms with Crippen LogP contribution in [0, 0.1) is 12.7 Å². The second-order valence-electron chi connectivity index (χ2n) is 4.48. The molecule has 0 unspecified atom stereocenters. The summed E-state index contributed by atoms with van der Waals surface area (Å²) >= 11 is 1.51. The Bertz CT molecular complexity index is 658. The number of nitrogen functional groups attached to an aromatic ring is 1. The molecule has 0 saturated heterocycles. The van der Waals surface area contributed by atoms with Gasteiger partial charge >= 0.3 is 0 Å². The Morgan fingerprint density at radius 3 is 2.65 bits per heavy atom. The molecule has 0 saturated carbocycles. The summed E-state index contributed by atoms with van der Waals surface area (Å²) in [7, 11) is 0. The molecule has 0 aromatic heterocycles. The van der Waals surface area contributed by atoms with Crippen molar-refractivity contribution in [3.05, 3.63) is 58.9 Å². The molecule has 0 aliphatic carbocycles. The zero-order valence-electron chi connectivity index (χ0n) is 11.0. The van der Waals surface area contributed by atoms with Gasteiger partial charge in [0.1, 0.15) is 5.82 Å². The Kier molecular flexibility index (Phi) is 4.29. The van der Waals surface area contributed by atoms with Crippen molar-refractivity contribution in [1.29, 1.82) is 0 Å². The Hall–Kier alpha value is -2.01. The quantitative estimate of drug-likeness (QED) is 0.671. The highest BCUT2D eigenvalue weighted by Gasteiger charge is 2.08. The third-order valence-corrected chi connectivity index (χ3v) is 4.14. The van der Waals surface area contributed by atoms with Crippen LogP contribution in [0.5, 0.6) is 0 Å². The lowest BCUT2D eigenvalue weighted by atomic mass is 10.1. The summed E-state index contributed by atoms with van der Waals surface area (Å²) in [5, 5.41) is 0. The van der Waals surface area contributed by atoms with Crippen molar-refractivity contribution in [2.45, 2.75) is 17.6 Å². The average Bonchev–Trinajstić information content (AvgIpc) is 2.40. The summed E-state index contributed by atoms with van der Waals surface area (Å²) in [6.45, 7) is 1.98. The maximum Gasteiger partial charge on any atom is 0.248 e. The molecule has 2 aromatic carbocycles. The second kappa shape index (κ2) is 5.96. The summed E-state index contributed by atoms with van der Waals surface area (Å²) in [6, 6.07) is 9.93. The Morgan fingerprint density at radius 1 is 1.25 bits per heavy atom. The molecule has 20 heavy (non-hydrogen) atoms. The molecule has 2 rings (SSSR count). The van der Waals surface area contributed by atoms with E-state index in [1.54, 1.807) is 6.07 Å². The van der Waals surface area contributed by atoms with Gasteiger partial charge in [-0.05, 0) is 42.3 Å². The Balaban J connectivity index is 2.15. The molecule has 0 atom stereocenters. The van der Waals surface area contributed by atoms with E-state index in [0.29, 0.717) is 17.0 Å². The lowest BCUT2D eigenvalue weighted by Gasteiger charge is -2.08. The summed E-state index contributed by atoms with van der Waals surface area (Å²) in [6.07, 6.45) is 0. The highest BCUT2D eigenvalue weighted by Crippen LogP contribution is 2.28. The minimum atomic E-state index is -0.630. The van der Waals surface area contributed by atoms with Gasteiger partial charge in [0, 0.05) is 21.9 Å². The van der Waals surface area contributed by atoms with Gasteiger partial charge in [0.15, 0.2) is 0 Å². The van der Waals surface area contributed by atoms with Crippen LogP contribution in [0.2, 0.25) is 0 Å². The fraction of sp³-hybridized carbons (Fsp3) is 0.133. The summed E-state index contributed by atoms with van der Waals surface area (Å²) < 4.78 is 13.8. The number of nitrogens with two attached hydrogens (primary N) is 2. The topological polar surface area (TPSA) is 69.1 Å². The number of benzene rings is 2. The normalized spacial score (nSPS) is 10.5. The van der Waals surface area contributed by atoms with Crippen LogP contribution in [0.1, 0.15) is 21.5 Å². The summed E-state index contributed by atoms with van der Waals surface area (Å²) in [5.74, 6) is -0.583. The molecule has 0 fully saturated rings. The van der Waals surface area contributed by atoms with Gasteiger partial charge in [-0.25, -0.2) is 4.39 Å². The minimum Gasteiger partial charge on any atom is -0.399 e. The number of aryl methyl sites for hydroxylation is 1. The molecular weight excluding hydrogens is 275 g/mol. The van der Waals surface area contributed by atoms with Crippen molar-refractivity contribution in [1.82, 2.24) is 0 Å². The molecule has 2 aromatic rings. The number of carbonyl (C=O) groups is 1. The SMILES string of the molecule is Cc1ccc(N)cc1SCc1ccc(C(N)=O)cc1F. The van der Waals surface area contributed by atoms with Gasteiger partial charge in [-0.3, -0.25) is 4.79 Å². The highest BCUT2D eigenvalue weighted by molar-refractivity contribution is 7.98. The van der Waals surface area contributed by atoms with Crippen molar-refractivity contribution in [2.24, 2.45) is 5.73 Å². The fourth-order valence-electron chi connectivity index (χ4n) is 1.75. The van der Waals surface area contributed by atoms with Gasteiger partial charge in [-0.15, -0.1) is 11.8 Å². The first kappa shape index (κ1) is 14.4. The smallest absolute Gasteiger partial charge is 0.248 e. The molecule has 4 N–H and O–H groups in total. The molecule has 5 heteroatoms. The molecule has 0 spiro atoms. The van der Waals surface area contributed by atoms with E-state index in [-0.39, 0.29) is 5.56 Å². The predicted octanol–water partition coefficient (Wildman–Crippen LogP) is 3.11. The number of amides is 1. The maximum absolute atomic E-state index is 13.8. The first-order chi connectivity index (χ1) is 9.47. The van der Waals surface area contributed by atoms with E-state index in [1.807, 2.05) is 25.1 Å². The number of halogens is 1. The van der Waals surface area contributed by atoms with Crippen LogP contribution in [0.4, 0.5) is 10.1 Å². The monoisotopic (exact) mass is 290 g/mol. The van der Waals surface area contributed by atoms with E-state index < -0.39 is 11.7 Å². The Morgan fingerprint density at radius 2 is 2.00 bits per heavy atom. The number of hydrogen-bond acceptors (Lipinski definition) is 3. The van der Waals surface area contributed by atoms with E-state index in [2.05, 4.69) is 0 Å². The predicted molar refractivity (Wildman–Crippen MR) is 80.1 cm³/mol. The fourth-order valence-corrected chi connectivity index (χ4v) is 2.81. The van der Waals surface area contributed by atoms with Gasteiger partial charge in [0.05, 0.1) is 0 Å². The summed E-state index contributed by atoms with van der Waals surface area (Å²) in [4.78, 5) is 12.0. The zero-order chi connectivity index (χ0) is 14.7. The third-order valence-electron chi connectivity index (χ3n) is 2.93. The number of rotatable bonds is 4. The van der Waals surface area contributed by atoms with Gasteiger partial charge in [-0.1, -0.05) is 12.1 Å². The zero-order valence-corrected chi connectivity index (χ0v) is 11.8. The molecule has 0 radical (unpaired) electrons. The van der Waals surface area contributed by atoms with Gasteiger partial charge in [0.25, 0.3) is 0 Å². The average molecular weight is 290 g/mol. The first-order valence-corrected chi connectivity index (χ1v) is 7.03. The molecule has 1 amide bonds. The molecular formula is C15H15FN2OS. The van der Waals surface area contributed by atoms with E-state index in [9.17, 15) is 9.18 Å². The number of primary amides is 1. The van der Waals surface area contributed by atoms with Gasteiger partial charge < -0.3 is 11.5 Å². The van der Waals surface area contributed by atoms with Crippen LogP contribution in [-0.4, -0.2) is 5.91 Å². The summed E-state index contributed by atoms with van der Waals surface area (Å²) in [5.41, 5.74) is 13.3. The largest absolute Gasteiger partial charge is 0.399 e. The van der Waals surface area contributed by atoms with Crippen LogP contribution in [-0.2, 0) is 5.75 Å². The number of hydrogen-bond donors (Lipinski definition) is 2. The van der Waals surface area contributed by atoms with Gasteiger partial charge in [-0.2, -0.15) is 0 Å². The van der Waals surface area contributed by atoms with Crippen LogP contribution >= 0.6 is 11.8 Å². The van der Waals surface area contributed by atoms with Crippen LogP contribution in [0.15, 0.2) is 41.3 Å². The Labute approximate surface area is 121 Å². The number of anilines is 1. The van der Waals surface area contributed by atoms with Crippen molar-refractivity contribution in [2.75, 3.05) is 5.73 Å². The molecule has 0 aliphatic heterocycles. The molecule has 3 nitrogen and oxygen atoms in total. The van der Waals surface area contributed by atoms with Crippen molar-refractivity contribution >= 4 is 23.4 Å². The number of carbonyl (C=O) groups excluding carboxylic acids is 1. The van der Waals surface area contributed by atoms with E-state index in [4.69, 9.17) is 11.5 Å². The number of thioether (sulfide) groups is 1.